The number of aromatic nitrogens is 3. The van der Waals surface area contributed by atoms with Crippen LogP contribution in [0.1, 0.15) is 57.9 Å². The third kappa shape index (κ3) is 5.10. The third-order valence-corrected chi connectivity index (χ3v) is 10.5. The number of hydrogen-bond acceptors (Lipinski definition) is 6. The Kier molecular flexibility index (Phi) is 7.48. The molecule has 1 unspecified atom stereocenters. The highest BCUT2D eigenvalue weighted by Gasteiger charge is 2.38. The first-order valence-corrected chi connectivity index (χ1v) is 13.5. The number of esters is 1. The fraction of sp³-hybridized carbons (Fsp3) is 0.619. The van der Waals surface area contributed by atoms with Gasteiger partial charge in [0.2, 0.25) is 5.43 Å². The van der Waals surface area contributed by atoms with E-state index in [4.69, 9.17) is 20.8 Å². The van der Waals surface area contributed by atoms with Gasteiger partial charge in [-0.3, -0.25) is 4.79 Å². The molecule has 0 spiro atoms. The Morgan fingerprint density at radius 3 is 2.43 bits per heavy atom. The summed E-state index contributed by atoms with van der Waals surface area (Å²) in [6.45, 7) is 17.4. The number of carbonyl (C=O) groups excluding carboxylic acids is 1. The highest BCUT2D eigenvalue weighted by Crippen LogP contribution is 2.37. The van der Waals surface area contributed by atoms with E-state index in [1.165, 1.54) is 12.3 Å². The predicted molar refractivity (Wildman–Crippen MR) is 122 cm³/mol. The van der Waals surface area contributed by atoms with Crippen LogP contribution in [0.4, 0.5) is 0 Å². The van der Waals surface area contributed by atoms with Gasteiger partial charge in [0, 0.05) is 6.20 Å². The Morgan fingerprint density at radius 1 is 1.27 bits per heavy atom. The lowest BCUT2D eigenvalue weighted by molar-refractivity contribution is 0.0523. The number of nitrogens with zero attached hydrogens (tertiary/aromatic N) is 3. The molecule has 0 amide bonds. The molecule has 2 rings (SSSR count). The van der Waals surface area contributed by atoms with Gasteiger partial charge in [0.1, 0.15) is 5.56 Å². The molecule has 0 aromatic carbocycles. The maximum absolute atomic E-state index is 12.9. The van der Waals surface area contributed by atoms with Gasteiger partial charge in [-0.25, -0.2) is 4.79 Å². The van der Waals surface area contributed by atoms with Crippen LogP contribution in [0.3, 0.4) is 0 Å². The van der Waals surface area contributed by atoms with Crippen molar-refractivity contribution in [1.82, 2.24) is 14.8 Å². The van der Waals surface area contributed by atoms with E-state index in [0.29, 0.717) is 12.3 Å². The number of carbonyl (C=O) groups is 1. The molecular weight excluding hydrogens is 422 g/mol. The number of hydrogen-bond donors (Lipinski definition) is 0. The molecule has 166 valence electrons. The molecule has 0 saturated heterocycles. The molecule has 0 aliphatic rings. The molecule has 0 N–H and O–H groups in total. The SMILES string of the molecule is CCOC(=O)c1cn(C(CO[Si](C)(C)C(C)(C)C)C(C)C)c2nnc(Cl)cc2c1=O. The van der Waals surface area contributed by atoms with Gasteiger partial charge in [0.05, 0.1) is 24.6 Å². The van der Waals surface area contributed by atoms with Crippen molar-refractivity contribution in [3.8, 4) is 0 Å². The van der Waals surface area contributed by atoms with Gasteiger partial charge in [-0.15, -0.1) is 10.2 Å². The van der Waals surface area contributed by atoms with E-state index >= 15 is 0 Å². The van der Waals surface area contributed by atoms with E-state index in [0.717, 1.165) is 0 Å². The van der Waals surface area contributed by atoms with Crippen molar-refractivity contribution in [2.75, 3.05) is 13.2 Å². The molecule has 0 aliphatic carbocycles. The highest BCUT2D eigenvalue weighted by atomic mass is 35.5. The summed E-state index contributed by atoms with van der Waals surface area (Å²) >= 11 is 5.99. The standard InChI is InChI=1S/C21H32ClN3O4Si/c1-9-28-20(27)15-11-25(19-14(18(15)26)10-17(22)23-24-19)16(13(2)3)12-29-30(7,8)21(4,5)6/h10-11,13,16H,9,12H2,1-8H3. The Hall–Kier alpha value is -1.77. The van der Waals surface area contributed by atoms with Crippen molar-refractivity contribution in [2.24, 2.45) is 5.92 Å². The van der Waals surface area contributed by atoms with Crippen LogP contribution in [-0.2, 0) is 9.16 Å². The molecule has 0 fully saturated rings. The van der Waals surface area contributed by atoms with Crippen LogP contribution >= 0.6 is 11.6 Å². The summed E-state index contributed by atoms with van der Waals surface area (Å²) in [7, 11) is -2.01. The third-order valence-electron chi connectivity index (χ3n) is 5.79. The quantitative estimate of drug-likeness (QED) is 0.440. The number of fused-ring (bicyclic) bond motifs is 1. The van der Waals surface area contributed by atoms with Crippen molar-refractivity contribution in [3.63, 3.8) is 0 Å². The van der Waals surface area contributed by atoms with Gasteiger partial charge in [0.25, 0.3) is 0 Å². The fourth-order valence-corrected chi connectivity index (χ4v) is 4.00. The van der Waals surface area contributed by atoms with E-state index in [1.54, 1.807) is 6.92 Å². The number of rotatable bonds is 7. The van der Waals surface area contributed by atoms with Gasteiger partial charge in [-0.05, 0) is 37.0 Å². The average molecular weight is 454 g/mol. The van der Waals surface area contributed by atoms with Crippen molar-refractivity contribution in [3.05, 3.63) is 33.2 Å². The second-order valence-corrected chi connectivity index (χ2v) is 14.5. The summed E-state index contributed by atoms with van der Waals surface area (Å²) in [4.78, 5) is 25.4. The molecule has 9 heteroatoms. The Morgan fingerprint density at radius 2 is 1.90 bits per heavy atom. The average Bonchev–Trinajstić information content (AvgIpc) is 2.62. The predicted octanol–water partition coefficient (Wildman–Crippen LogP) is 4.84. The van der Waals surface area contributed by atoms with E-state index < -0.39 is 19.7 Å². The molecule has 30 heavy (non-hydrogen) atoms. The Bertz CT molecular complexity index is 983. The summed E-state index contributed by atoms with van der Waals surface area (Å²) in [6, 6.07) is 1.28. The first kappa shape index (κ1) is 24.5. The molecule has 0 bridgehead atoms. The molecule has 2 heterocycles. The molecule has 7 nitrogen and oxygen atoms in total. The van der Waals surface area contributed by atoms with E-state index in [9.17, 15) is 9.59 Å². The largest absolute Gasteiger partial charge is 0.462 e. The van der Waals surface area contributed by atoms with Crippen LogP contribution in [-0.4, -0.2) is 42.3 Å². The molecular formula is C21H32ClN3O4Si. The maximum Gasteiger partial charge on any atom is 0.343 e. The van der Waals surface area contributed by atoms with Crippen molar-refractivity contribution in [2.45, 2.75) is 65.7 Å². The number of pyridine rings is 1. The first-order valence-electron chi connectivity index (χ1n) is 10.2. The summed E-state index contributed by atoms with van der Waals surface area (Å²) < 4.78 is 13.4. The monoisotopic (exact) mass is 453 g/mol. The summed E-state index contributed by atoms with van der Waals surface area (Å²) in [5.74, 6) is -0.521. The fourth-order valence-electron chi connectivity index (χ4n) is 2.83. The zero-order chi connectivity index (χ0) is 22.9. The van der Waals surface area contributed by atoms with Crippen LogP contribution in [0.15, 0.2) is 17.1 Å². The molecule has 1 atom stereocenters. The lowest BCUT2D eigenvalue weighted by Crippen LogP contribution is -2.42. The number of ether oxygens (including phenoxy) is 1. The molecule has 2 aromatic rings. The smallest absolute Gasteiger partial charge is 0.343 e. The first-order chi connectivity index (χ1) is 13.8. The van der Waals surface area contributed by atoms with Crippen molar-refractivity contribution >= 4 is 36.9 Å². The number of halogens is 1. The summed E-state index contributed by atoms with van der Waals surface area (Å²) in [6.07, 6.45) is 1.52. The van der Waals surface area contributed by atoms with Gasteiger partial charge in [-0.1, -0.05) is 46.2 Å². The second kappa shape index (κ2) is 9.16. The van der Waals surface area contributed by atoms with Gasteiger partial charge in [0.15, 0.2) is 19.1 Å². The lowest BCUT2D eigenvalue weighted by atomic mass is 10.0. The second-order valence-electron chi connectivity index (χ2n) is 9.29. The lowest BCUT2D eigenvalue weighted by Gasteiger charge is -2.38. The van der Waals surface area contributed by atoms with Gasteiger partial charge >= 0.3 is 5.97 Å². The van der Waals surface area contributed by atoms with Crippen LogP contribution in [0, 0.1) is 5.92 Å². The summed E-state index contributed by atoms with van der Waals surface area (Å²) in [5, 5.41) is 8.47. The highest BCUT2D eigenvalue weighted by molar-refractivity contribution is 6.74. The molecule has 0 aliphatic heterocycles. The van der Waals surface area contributed by atoms with Crippen LogP contribution < -0.4 is 5.43 Å². The minimum Gasteiger partial charge on any atom is -0.462 e. The van der Waals surface area contributed by atoms with Crippen molar-refractivity contribution in [1.29, 1.82) is 0 Å². The van der Waals surface area contributed by atoms with Gasteiger partial charge < -0.3 is 13.7 Å². The van der Waals surface area contributed by atoms with Crippen LogP contribution in [0.25, 0.3) is 11.0 Å². The van der Waals surface area contributed by atoms with E-state index in [1.807, 2.05) is 4.57 Å². The normalized spacial score (nSPS) is 13.7. The zero-order valence-corrected chi connectivity index (χ0v) is 20.8. The van der Waals surface area contributed by atoms with Crippen molar-refractivity contribution < 1.29 is 14.0 Å². The maximum atomic E-state index is 12.9. The minimum atomic E-state index is -2.01. The molecule has 0 radical (unpaired) electrons. The van der Waals surface area contributed by atoms with E-state index in [-0.39, 0.29) is 39.7 Å². The molecule has 2 aromatic heterocycles. The van der Waals surface area contributed by atoms with Crippen LogP contribution in [0.2, 0.25) is 23.3 Å². The summed E-state index contributed by atoms with van der Waals surface area (Å²) in [5.41, 5.74) is -0.148. The minimum absolute atomic E-state index is 0.0496. The Balaban J connectivity index is 2.64. The zero-order valence-electron chi connectivity index (χ0n) is 19.1. The molecule has 0 saturated carbocycles. The Labute approximate surface area is 183 Å². The van der Waals surface area contributed by atoms with Gasteiger partial charge in [-0.2, -0.15) is 0 Å². The van der Waals surface area contributed by atoms with Crippen LogP contribution in [0.5, 0.6) is 0 Å². The van der Waals surface area contributed by atoms with E-state index in [2.05, 4.69) is 57.9 Å². The topological polar surface area (TPSA) is 83.3 Å².